The standard InChI is InChI=1S/C13H19NOS/c16-13-6-4-5-12(11-13)15-10-9-14-7-2-1-3-8-14/h4-6,11,16H,1-3,7-10H2. The SMILES string of the molecule is Sc1cccc(OCCN2CCCCC2)c1. The van der Waals surface area contributed by atoms with Crippen LogP contribution in [0.15, 0.2) is 29.2 Å². The first-order valence-corrected chi connectivity index (χ1v) is 6.43. The number of piperidine rings is 1. The van der Waals surface area contributed by atoms with E-state index in [1.807, 2.05) is 24.3 Å². The molecule has 88 valence electrons. The number of hydrogen-bond donors (Lipinski definition) is 1. The molecule has 1 fully saturated rings. The molecule has 0 saturated carbocycles. The summed E-state index contributed by atoms with van der Waals surface area (Å²) in [6.07, 6.45) is 4.07. The highest BCUT2D eigenvalue weighted by Gasteiger charge is 2.09. The smallest absolute Gasteiger partial charge is 0.120 e. The number of likely N-dealkylation sites (tertiary alicyclic amines) is 1. The highest BCUT2D eigenvalue weighted by molar-refractivity contribution is 7.80. The van der Waals surface area contributed by atoms with Gasteiger partial charge < -0.3 is 4.74 Å². The Labute approximate surface area is 103 Å². The number of ether oxygens (including phenoxy) is 1. The molecule has 1 aromatic rings. The Hall–Kier alpha value is -0.670. The van der Waals surface area contributed by atoms with Gasteiger partial charge in [-0.3, -0.25) is 4.90 Å². The van der Waals surface area contributed by atoms with E-state index < -0.39 is 0 Å². The summed E-state index contributed by atoms with van der Waals surface area (Å²) in [4.78, 5) is 3.43. The minimum Gasteiger partial charge on any atom is -0.492 e. The van der Waals surface area contributed by atoms with E-state index in [4.69, 9.17) is 4.74 Å². The molecule has 0 radical (unpaired) electrons. The molecule has 1 aromatic carbocycles. The summed E-state index contributed by atoms with van der Waals surface area (Å²) in [5.41, 5.74) is 0. The van der Waals surface area contributed by atoms with Crippen molar-refractivity contribution in [3.63, 3.8) is 0 Å². The van der Waals surface area contributed by atoms with Gasteiger partial charge in [-0.25, -0.2) is 0 Å². The van der Waals surface area contributed by atoms with Crippen molar-refractivity contribution in [3.8, 4) is 5.75 Å². The largest absolute Gasteiger partial charge is 0.492 e. The van der Waals surface area contributed by atoms with Crippen LogP contribution >= 0.6 is 12.6 Å². The number of benzene rings is 1. The fourth-order valence-corrected chi connectivity index (χ4v) is 2.26. The molecule has 0 N–H and O–H groups in total. The van der Waals surface area contributed by atoms with Gasteiger partial charge in [0, 0.05) is 11.4 Å². The molecule has 1 heterocycles. The Morgan fingerprint density at radius 2 is 2.00 bits per heavy atom. The van der Waals surface area contributed by atoms with E-state index in [2.05, 4.69) is 17.5 Å². The zero-order valence-corrected chi connectivity index (χ0v) is 10.5. The lowest BCUT2D eigenvalue weighted by Gasteiger charge is -2.26. The van der Waals surface area contributed by atoms with E-state index >= 15 is 0 Å². The minimum absolute atomic E-state index is 0.775. The van der Waals surface area contributed by atoms with Gasteiger partial charge in [-0.1, -0.05) is 12.5 Å². The Balaban J connectivity index is 1.71. The summed E-state index contributed by atoms with van der Waals surface area (Å²) in [6.45, 7) is 4.28. The maximum Gasteiger partial charge on any atom is 0.120 e. The lowest BCUT2D eigenvalue weighted by atomic mass is 10.1. The van der Waals surface area contributed by atoms with Crippen LogP contribution in [0, 0.1) is 0 Å². The molecule has 3 heteroatoms. The third-order valence-electron chi connectivity index (χ3n) is 2.94. The second-order valence-electron chi connectivity index (χ2n) is 4.25. The predicted octanol–water partition coefficient (Wildman–Crippen LogP) is 2.84. The lowest BCUT2D eigenvalue weighted by molar-refractivity contribution is 0.183. The van der Waals surface area contributed by atoms with Crippen molar-refractivity contribution in [2.45, 2.75) is 24.2 Å². The summed E-state index contributed by atoms with van der Waals surface area (Å²) in [5.74, 6) is 0.921. The zero-order chi connectivity index (χ0) is 11.2. The molecule has 0 atom stereocenters. The van der Waals surface area contributed by atoms with Crippen molar-refractivity contribution in [1.82, 2.24) is 4.90 Å². The maximum atomic E-state index is 5.70. The van der Waals surface area contributed by atoms with Gasteiger partial charge in [0.05, 0.1) is 0 Å². The van der Waals surface area contributed by atoms with Crippen LogP contribution in [0.3, 0.4) is 0 Å². The van der Waals surface area contributed by atoms with Crippen LogP contribution in [0.5, 0.6) is 5.75 Å². The first-order valence-electron chi connectivity index (χ1n) is 5.99. The summed E-state index contributed by atoms with van der Waals surface area (Å²) in [6, 6.07) is 7.87. The second kappa shape index (κ2) is 6.16. The fourth-order valence-electron chi connectivity index (χ4n) is 2.05. The maximum absolute atomic E-state index is 5.70. The monoisotopic (exact) mass is 237 g/mol. The van der Waals surface area contributed by atoms with Gasteiger partial charge in [0.2, 0.25) is 0 Å². The van der Waals surface area contributed by atoms with Crippen LogP contribution in [-0.4, -0.2) is 31.1 Å². The Kier molecular flexibility index (Phi) is 4.55. The molecule has 0 aliphatic carbocycles. The molecule has 16 heavy (non-hydrogen) atoms. The number of thiol groups is 1. The zero-order valence-electron chi connectivity index (χ0n) is 9.56. The lowest BCUT2D eigenvalue weighted by Crippen LogP contribution is -2.33. The van der Waals surface area contributed by atoms with E-state index in [0.717, 1.165) is 23.8 Å². The van der Waals surface area contributed by atoms with Gasteiger partial charge in [-0.05, 0) is 44.1 Å². The van der Waals surface area contributed by atoms with Gasteiger partial charge >= 0.3 is 0 Å². The molecule has 1 aliphatic heterocycles. The quantitative estimate of drug-likeness (QED) is 0.808. The van der Waals surface area contributed by atoms with Crippen LogP contribution in [-0.2, 0) is 0 Å². The molecule has 0 spiro atoms. The van der Waals surface area contributed by atoms with E-state index in [1.165, 1.54) is 32.4 Å². The number of nitrogens with zero attached hydrogens (tertiary/aromatic N) is 1. The minimum atomic E-state index is 0.775. The average molecular weight is 237 g/mol. The summed E-state index contributed by atoms with van der Waals surface area (Å²) >= 11 is 4.29. The van der Waals surface area contributed by atoms with Gasteiger partial charge in [-0.15, -0.1) is 12.6 Å². The van der Waals surface area contributed by atoms with Gasteiger partial charge in [0.15, 0.2) is 0 Å². The second-order valence-corrected chi connectivity index (χ2v) is 4.76. The van der Waals surface area contributed by atoms with Crippen LogP contribution in [0.4, 0.5) is 0 Å². The first kappa shape index (κ1) is 11.8. The molecule has 2 nitrogen and oxygen atoms in total. The normalized spacial score (nSPS) is 17.3. The third kappa shape index (κ3) is 3.72. The van der Waals surface area contributed by atoms with E-state index in [9.17, 15) is 0 Å². The van der Waals surface area contributed by atoms with Gasteiger partial charge in [0.1, 0.15) is 12.4 Å². The number of rotatable bonds is 4. The molecule has 1 saturated heterocycles. The van der Waals surface area contributed by atoms with Crippen LogP contribution < -0.4 is 4.74 Å². The molecule has 0 unspecified atom stereocenters. The van der Waals surface area contributed by atoms with Crippen LogP contribution in [0.1, 0.15) is 19.3 Å². The van der Waals surface area contributed by atoms with Crippen molar-refractivity contribution in [1.29, 1.82) is 0 Å². The molecule has 1 aliphatic rings. The van der Waals surface area contributed by atoms with E-state index in [1.54, 1.807) is 0 Å². The summed E-state index contributed by atoms with van der Waals surface area (Å²) in [7, 11) is 0. The van der Waals surface area contributed by atoms with E-state index in [-0.39, 0.29) is 0 Å². The molecule has 0 amide bonds. The highest BCUT2D eigenvalue weighted by atomic mass is 32.1. The van der Waals surface area contributed by atoms with Crippen molar-refractivity contribution < 1.29 is 4.74 Å². The Bertz CT molecular complexity index is 323. The van der Waals surface area contributed by atoms with Crippen molar-refractivity contribution in [3.05, 3.63) is 24.3 Å². The van der Waals surface area contributed by atoms with Crippen LogP contribution in [0.2, 0.25) is 0 Å². The van der Waals surface area contributed by atoms with Crippen LogP contribution in [0.25, 0.3) is 0 Å². The van der Waals surface area contributed by atoms with E-state index in [0.29, 0.717) is 0 Å². The predicted molar refractivity (Wildman–Crippen MR) is 69.5 cm³/mol. The highest BCUT2D eigenvalue weighted by Crippen LogP contribution is 2.16. The molecular formula is C13H19NOS. The fraction of sp³-hybridized carbons (Fsp3) is 0.538. The van der Waals surface area contributed by atoms with Crippen molar-refractivity contribution in [2.24, 2.45) is 0 Å². The summed E-state index contributed by atoms with van der Waals surface area (Å²) in [5, 5.41) is 0. The molecular weight excluding hydrogens is 218 g/mol. The van der Waals surface area contributed by atoms with Crippen molar-refractivity contribution in [2.75, 3.05) is 26.2 Å². The topological polar surface area (TPSA) is 12.5 Å². The Morgan fingerprint density at radius 1 is 1.19 bits per heavy atom. The summed E-state index contributed by atoms with van der Waals surface area (Å²) < 4.78 is 5.70. The van der Waals surface area contributed by atoms with Gasteiger partial charge in [-0.2, -0.15) is 0 Å². The Morgan fingerprint density at radius 3 is 2.75 bits per heavy atom. The third-order valence-corrected chi connectivity index (χ3v) is 3.22. The molecule has 0 aromatic heterocycles. The molecule has 0 bridgehead atoms. The van der Waals surface area contributed by atoms with Gasteiger partial charge in [0.25, 0.3) is 0 Å². The number of hydrogen-bond acceptors (Lipinski definition) is 3. The van der Waals surface area contributed by atoms with Crippen molar-refractivity contribution >= 4 is 12.6 Å². The average Bonchev–Trinajstić information content (AvgIpc) is 2.30. The first-order chi connectivity index (χ1) is 7.84. The molecule has 2 rings (SSSR count).